The second-order valence-corrected chi connectivity index (χ2v) is 9.85. The van der Waals surface area contributed by atoms with E-state index in [1.54, 1.807) is 7.11 Å². The van der Waals surface area contributed by atoms with E-state index in [9.17, 15) is 9.59 Å². The Morgan fingerprint density at radius 3 is 2.64 bits per heavy atom. The van der Waals surface area contributed by atoms with E-state index in [1.807, 2.05) is 52.4 Å². The van der Waals surface area contributed by atoms with Gasteiger partial charge in [0.1, 0.15) is 17.0 Å². The number of hydrogen-bond acceptors (Lipinski definition) is 6. The number of nitrogens with one attached hydrogen (secondary N) is 1. The Labute approximate surface area is 209 Å². The van der Waals surface area contributed by atoms with E-state index in [1.165, 1.54) is 12.8 Å². The summed E-state index contributed by atoms with van der Waals surface area (Å²) >= 11 is 0. The number of methoxy groups -OCH3 is 1. The van der Waals surface area contributed by atoms with E-state index in [2.05, 4.69) is 15.1 Å². The van der Waals surface area contributed by atoms with Crippen LogP contribution in [0.15, 0.2) is 41.2 Å². The predicted octanol–water partition coefficient (Wildman–Crippen LogP) is 2.39. The number of pyridine rings is 2. The molecule has 36 heavy (non-hydrogen) atoms. The van der Waals surface area contributed by atoms with E-state index in [-0.39, 0.29) is 23.0 Å². The molecule has 2 fully saturated rings. The topological polar surface area (TPSA) is 84.1 Å². The Morgan fingerprint density at radius 1 is 1.11 bits per heavy atom. The van der Waals surface area contributed by atoms with Crippen LogP contribution in [0.25, 0.3) is 27.7 Å². The Morgan fingerprint density at radius 2 is 1.89 bits per heavy atom. The lowest BCUT2D eigenvalue weighted by atomic mass is 10.1. The maximum atomic E-state index is 13.8. The summed E-state index contributed by atoms with van der Waals surface area (Å²) in [6.45, 7) is 5.06. The van der Waals surface area contributed by atoms with Crippen molar-refractivity contribution in [2.45, 2.75) is 25.4 Å². The first-order valence-electron chi connectivity index (χ1n) is 12.8. The summed E-state index contributed by atoms with van der Waals surface area (Å²) in [5.41, 5.74) is 2.85. The highest BCUT2D eigenvalue weighted by atomic mass is 16.5. The molecule has 9 nitrogen and oxygen atoms in total. The molecule has 2 saturated heterocycles. The van der Waals surface area contributed by atoms with Crippen LogP contribution in [0.1, 0.15) is 29.6 Å². The average Bonchev–Trinajstić information content (AvgIpc) is 3.65. The SMILES string of the molecule is CO[C@H]1CCN(c2ccc3c(=O)c(C(=O)NCCN4CCCC4)c4n(C)c5ccccc5n4c3n2)C1. The Hall–Kier alpha value is -3.43. The van der Waals surface area contributed by atoms with Gasteiger partial charge in [0.2, 0.25) is 5.43 Å². The summed E-state index contributed by atoms with van der Waals surface area (Å²) in [4.78, 5) is 36.8. The van der Waals surface area contributed by atoms with Crippen molar-refractivity contribution in [2.24, 2.45) is 7.05 Å². The zero-order valence-electron chi connectivity index (χ0n) is 20.9. The number of aromatic nitrogens is 3. The molecule has 0 unspecified atom stereocenters. The first-order chi connectivity index (χ1) is 17.6. The minimum absolute atomic E-state index is 0.165. The first-order valence-corrected chi connectivity index (χ1v) is 12.8. The van der Waals surface area contributed by atoms with Gasteiger partial charge in [-0.15, -0.1) is 0 Å². The molecule has 1 N–H and O–H groups in total. The fraction of sp³-hybridized carbons (Fsp3) is 0.444. The molecule has 188 valence electrons. The third kappa shape index (κ3) is 3.74. The minimum Gasteiger partial charge on any atom is -0.380 e. The van der Waals surface area contributed by atoms with E-state index >= 15 is 0 Å². The number of benzene rings is 1. The monoisotopic (exact) mass is 488 g/mol. The molecule has 2 aliphatic rings. The van der Waals surface area contributed by atoms with Gasteiger partial charge >= 0.3 is 0 Å². The zero-order chi connectivity index (χ0) is 24.8. The number of rotatable bonds is 6. The third-order valence-corrected chi connectivity index (χ3v) is 7.72. The lowest BCUT2D eigenvalue weighted by molar-refractivity contribution is 0.0950. The average molecular weight is 489 g/mol. The van der Waals surface area contributed by atoms with Gasteiger partial charge < -0.3 is 24.4 Å². The molecule has 0 aliphatic carbocycles. The van der Waals surface area contributed by atoms with Gasteiger partial charge in [-0.05, 0) is 56.6 Å². The van der Waals surface area contributed by atoms with Crippen LogP contribution in [-0.4, -0.2) is 77.2 Å². The summed E-state index contributed by atoms with van der Waals surface area (Å²) in [6, 6.07) is 11.6. The number of fused-ring (bicyclic) bond motifs is 5. The number of nitrogens with zero attached hydrogens (tertiary/aromatic N) is 5. The summed E-state index contributed by atoms with van der Waals surface area (Å²) < 4.78 is 9.43. The van der Waals surface area contributed by atoms with Crippen LogP contribution in [-0.2, 0) is 11.8 Å². The van der Waals surface area contributed by atoms with Crippen molar-refractivity contribution in [3.8, 4) is 0 Å². The van der Waals surface area contributed by atoms with Crippen LogP contribution in [0.3, 0.4) is 0 Å². The fourth-order valence-corrected chi connectivity index (χ4v) is 5.76. The molecule has 0 saturated carbocycles. The van der Waals surface area contributed by atoms with Gasteiger partial charge in [0.05, 0.1) is 22.5 Å². The number of hydrogen-bond donors (Lipinski definition) is 1. The maximum absolute atomic E-state index is 13.8. The Balaban J connectivity index is 1.49. The molecule has 0 bridgehead atoms. The van der Waals surface area contributed by atoms with Crippen LogP contribution >= 0.6 is 0 Å². The molecule has 4 aromatic rings. The normalized spacial score (nSPS) is 18.7. The van der Waals surface area contributed by atoms with E-state index in [0.717, 1.165) is 56.0 Å². The number of amides is 1. The zero-order valence-corrected chi connectivity index (χ0v) is 20.9. The van der Waals surface area contributed by atoms with Crippen molar-refractivity contribution in [1.82, 2.24) is 24.2 Å². The minimum atomic E-state index is -0.337. The summed E-state index contributed by atoms with van der Waals surface area (Å²) in [5.74, 6) is 0.474. The number of ether oxygens (including phenoxy) is 1. The molecular weight excluding hydrogens is 456 g/mol. The summed E-state index contributed by atoms with van der Waals surface area (Å²) in [7, 11) is 3.64. The molecule has 0 spiro atoms. The Kier molecular flexibility index (Phi) is 5.89. The van der Waals surface area contributed by atoms with Gasteiger partial charge in [-0.2, -0.15) is 0 Å². The van der Waals surface area contributed by atoms with Gasteiger partial charge in [-0.25, -0.2) is 4.98 Å². The molecule has 9 heteroatoms. The second-order valence-electron chi connectivity index (χ2n) is 9.85. The molecule has 1 aromatic carbocycles. The van der Waals surface area contributed by atoms with Crippen LogP contribution in [0.2, 0.25) is 0 Å². The first kappa shape index (κ1) is 23.0. The molecule has 1 amide bonds. The quantitative estimate of drug-likeness (QED) is 0.449. The van der Waals surface area contributed by atoms with E-state index in [0.29, 0.717) is 23.2 Å². The molecular formula is C27H32N6O3. The standard InChI is InChI=1S/C27H32N6O3/c1-30-20-7-3-4-8-21(20)33-25-19(9-10-22(29-25)32-15-11-18(17-32)36-2)24(34)23(27(30)33)26(35)28-12-16-31-13-5-6-14-31/h3-4,7-10,18H,5-6,11-17H2,1-2H3,(H,28,35)/t18-/m0/s1. The van der Waals surface area contributed by atoms with Gasteiger partial charge in [-0.3, -0.25) is 14.0 Å². The van der Waals surface area contributed by atoms with Crippen LogP contribution < -0.4 is 15.6 Å². The van der Waals surface area contributed by atoms with Gasteiger partial charge in [0, 0.05) is 40.3 Å². The van der Waals surface area contributed by atoms with E-state index < -0.39 is 0 Å². The predicted molar refractivity (Wildman–Crippen MR) is 141 cm³/mol. The number of carbonyl (C=O) groups excluding carboxylic acids is 1. The van der Waals surface area contributed by atoms with Crippen LogP contribution in [0, 0.1) is 0 Å². The molecule has 5 heterocycles. The van der Waals surface area contributed by atoms with Gasteiger partial charge in [0.15, 0.2) is 5.65 Å². The second kappa shape index (κ2) is 9.22. The number of para-hydroxylation sites is 2. The van der Waals surface area contributed by atoms with Crippen molar-refractivity contribution >= 4 is 39.4 Å². The number of aryl methyl sites for hydroxylation is 1. The molecule has 1 atom stereocenters. The summed E-state index contributed by atoms with van der Waals surface area (Å²) in [6.07, 6.45) is 3.52. The van der Waals surface area contributed by atoms with Crippen molar-refractivity contribution in [3.05, 3.63) is 52.2 Å². The molecule has 0 radical (unpaired) electrons. The van der Waals surface area contributed by atoms with Crippen molar-refractivity contribution in [2.75, 3.05) is 51.3 Å². The van der Waals surface area contributed by atoms with Crippen LogP contribution in [0.4, 0.5) is 5.82 Å². The van der Waals surface area contributed by atoms with Crippen molar-refractivity contribution in [1.29, 1.82) is 0 Å². The largest absolute Gasteiger partial charge is 0.380 e. The molecule has 2 aliphatic heterocycles. The number of likely N-dealkylation sites (tertiary alicyclic amines) is 1. The van der Waals surface area contributed by atoms with Gasteiger partial charge in [-0.1, -0.05) is 12.1 Å². The number of anilines is 1. The summed E-state index contributed by atoms with van der Waals surface area (Å²) in [5, 5.41) is 3.46. The van der Waals surface area contributed by atoms with Gasteiger partial charge in [0.25, 0.3) is 5.91 Å². The lowest BCUT2D eigenvalue weighted by Gasteiger charge is -2.18. The maximum Gasteiger partial charge on any atom is 0.259 e. The third-order valence-electron chi connectivity index (χ3n) is 7.72. The number of imidazole rings is 1. The molecule has 3 aromatic heterocycles. The Bertz CT molecular complexity index is 1520. The highest BCUT2D eigenvalue weighted by Crippen LogP contribution is 2.28. The van der Waals surface area contributed by atoms with Crippen molar-refractivity contribution in [3.63, 3.8) is 0 Å². The smallest absolute Gasteiger partial charge is 0.259 e. The highest BCUT2D eigenvalue weighted by molar-refractivity contribution is 6.05. The van der Waals surface area contributed by atoms with Crippen LogP contribution in [0.5, 0.6) is 0 Å². The lowest BCUT2D eigenvalue weighted by Crippen LogP contribution is -2.36. The van der Waals surface area contributed by atoms with Crippen molar-refractivity contribution < 1.29 is 9.53 Å². The van der Waals surface area contributed by atoms with E-state index in [4.69, 9.17) is 9.72 Å². The fourth-order valence-electron chi connectivity index (χ4n) is 5.76. The molecule has 6 rings (SSSR count). The number of carbonyl (C=O) groups is 1. The highest BCUT2D eigenvalue weighted by Gasteiger charge is 2.27.